The van der Waals surface area contributed by atoms with Crippen molar-refractivity contribution in [1.82, 2.24) is 0 Å². The molecule has 0 aromatic heterocycles. The molecular weight excluding hydrogens is 1040 g/mol. The summed E-state index contributed by atoms with van der Waals surface area (Å²) in [6, 6.07) is 0. The second kappa shape index (κ2) is 66.0. The maximum atomic E-state index is 12.9. The summed E-state index contributed by atoms with van der Waals surface area (Å²) in [5.41, 5.74) is 0. The molecule has 0 amide bonds. The standard InChI is InChI=1S/C75H137NO8/c1-6-8-10-12-14-16-18-20-22-24-26-28-29-30-31-32-33-34-35-36-37-38-39-40-41-42-43-44-45-46-48-50-52-54-56-58-60-62-64-66-73(78)84-71(70-83-75(74(79)80)81-68-67-76(3,4)5)69-82-72(77)65-63-61-59-57-55-53-51-49-47-27-25-23-21-19-17-15-13-11-9-7-2/h8,10,14,16,20,22,26,28,30-31,71,75H,6-7,9,11-13,15,17-19,21,23-25,27,29,32-70H2,1-5H3/p+1/b10-8-,16-14-,22-20-,28-26-,31-30-. The molecule has 0 saturated heterocycles. The minimum atomic E-state index is -1.51. The molecule has 84 heavy (non-hydrogen) atoms. The van der Waals surface area contributed by atoms with Crippen molar-refractivity contribution in [3.05, 3.63) is 60.8 Å². The van der Waals surface area contributed by atoms with E-state index in [1.165, 1.54) is 244 Å². The molecule has 0 fully saturated rings. The Bertz CT molecular complexity index is 1560. The molecule has 0 aliphatic heterocycles. The van der Waals surface area contributed by atoms with E-state index in [4.69, 9.17) is 18.9 Å². The van der Waals surface area contributed by atoms with Crippen LogP contribution in [0, 0.1) is 0 Å². The predicted octanol–water partition coefficient (Wildman–Crippen LogP) is 22.3. The van der Waals surface area contributed by atoms with Crippen LogP contribution in [-0.4, -0.2) is 87.4 Å². The van der Waals surface area contributed by atoms with Gasteiger partial charge in [0.2, 0.25) is 0 Å². The zero-order chi connectivity index (χ0) is 61.2. The molecule has 2 atom stereocenters. The van der Waals surface area contributed by atoms with Crippen molar-refractivity contribution in [3.8, 4) is 0 Å². The number of rotatable bonds is 67. The van der Waals surface area contributed by atoms with E-state index in [0.29, 0.717) is 17.4 Å². The maximum absolute atomic E-state index is 12.9. The summed E-state index contributed by atoms with van der Waals surface area (Å²) in [5.74, 6) is -1.98. The van der Waals surface area contributed by atoms with Crippen LogP contribution in [0.3, 0.4) is 0 Å². The van der Waals surface area contributed by atoms with E-state index in [9.17, 15) is 19.5 Å². The number of aliphatic carboxylic acids is 1. The number of carboxylic acids is 1. The highest BCUT2D eigenvalue weighted by Gasteiger charge is 2.25. The van der Waals surface area contributed by atoms with Gasteiger partial charge in [0.05, 0.1) is 34.4 Å². The van der Waals surface area contributed by atoms with E-state index in [0.717, 1.165) is 70.6 Å². The van der Waals surface area contributed by atoms with E-state index in [-0.39, 0.29) is 38.2 Å². The topological polar surface area (TPSA) is 108 Å². The van der Waals surface area contributed by atoms with Gasteiger partial charge in [-0.05, 0) is 57.8 Å². The lowest BCUT2D eigenvalue weighted by Crippen LogP contribution is -2.40. The highest BCUT2D eigenvalue weighted by atomic mass is 16.7. The number of carbonyl (C=O) groups excluding carboxylic acids is 2. The van der Waals surface area contributed by atoms with E-state index < -0.39 is 18.4 Å². The summed E-state index contributed by atoms with van der Waals surface area (Å²) in [6.45, 7) is 4.83. The number of hydrogen-bond acceptors (Lipinski definition) is 7. The van der Waals surface area contributed by atoms with Crippen LogP contribution in [0.25, 0.3) is 0 Å². The lowest BCUT2D eigenvalue weighted by molar-refractivity contribution is -0.870. The number of esters is 2. The van der Waals surface area contributed by atoms with Gasteiger partial charge in [-0.2, -0.15) is 0 Å². The normalized spacial score (nSPS) is 13.0. The van der Waals surface area contributed by atoms with Crippen molar-refractivity contribution in [2.75, 3.05) is 47.5 Å². The van der Waals surface area contributed by atoms with Gasteiger partial charge in [-0.25, -0.2) is 4.79 Å². The number of unbranched alkanes of at least 4 members (excludes halogenated alkanes) is 42. The lowest BCUT2D eigenvalue weighted by Gasteiger charge is -2.25. The van der Waals surface area contributed by atoms with Crippen molar-refractivity contribution < 1.29 is 42.9 Å². The van der Waals surface area contributed by atoms with Crippen LogP contribution in [0.2, 0.25) is 0 Å². The molecule has 490 valence electrons. The number of quaternary nitrogens is 1. The molecule has 2 unspecified atom stereocenters. The van der Waals surface area contributed by atoms with Crippen molar-refractivity contribution >= 4 is 17.9 Å². The molecule has 0 heterocycles. The second-order valence-corrected chi connectivity index (χ2v) is 25.5. The van der Waals surface area contributed by atoms with Crippen LogP contribution >= 0.6 is 0 Å². The van der Waals surface area contributed by atoms with E-state index in [1.54, 1.807) is 0 Å². The van der Waals surface area contributed by atoms with Crippen molar-refractivity contribution in [1.29, 1.82) is 0 Å². The highest BCUT2D eigenvalue weighted by Crippen LogP contribution is 2.19. The minimum Gasteiger partial charge on any atom is -0.477 e. The molecule has 0 aromatic carbocycles. The molecule has 0 spiro atoms. The summed E-state index contributed by atoms with van der Waals surface area (Å²) in [4.78, 5) is 37.6. The van der Waals surface area contributed by atoms with Crippen molar-refractivity contribution in [2.24, 2.45) is 0 Å². The van der Waals surface area contributed by atoms with Crippen LogP contribution in [0.1, 0.15) is 341 Å². The fourth-order valence-corrected chi connectivity index (χ4v) is 10.6. The second-order valence-electron chi connectivity index (χ2n) is 25.5. The number of allylic oxidation sites excluding steroid dienone is 10. The molecule has 0 radical (unpaired) electrons. The zero-order valence-electron chi connectivity index (χ0n) is 56.1. The Kier molecular flexibility index (Phi) is 63.6. The summed E-state index contributed by atoms with van der Waals surface area (Å²) < 4.78 is 23.0. The highest BCUT2D eigenvalue weighted by molar-refractivity contribution is 5.71. The van der Waals surface area contributed by atoms with Crippen molar-refractivity contribution in [2.45, 2.75) is 354 Å². The molecule has 9 heteroatoms. The van der Waals surface area contributed by atoms with Gasteiger partial charge in [0.15, 0.2) is 6.10 Å². The number of ether oxygens (including phenoxy) is 4. The molecule has 1 N–H and O–H groups in total. The monoisotopic (exact) mass is 1180 g/mol. The molecule has 0 aromatic rings. The van der Waals surface area contributed by atoms with Gasteiger partial charge in [-0.1, -0.05) is 331 Å². The Hall–Kier alpha value is -3.01. The van der Waals surface area contributed by atoms with E-state index in [1.807, 2.05) is 21.1 Å². The summed E-state index contributed by atoms with van der Waals surface area (Å²) in [6.07, 6.45) is 83.5. The number of carboxylic acid groups (broad SMARTS) is 1. The Morgan fingerprint density at radius 2 is 0.679 bits per heavy atom. The van der Waals surface area contributed by atoms with Gasteiger partial charge in [0, 0.05) is 12.8 Å². The van der Waals surface area contributed by atoms with Gasteiger partial charge in [-0.3, -0.25) is 9.59 Å². The third-order valence-corrected chi connectivity index (χ3v) is 16.0. The van der Waals surface area contributed by atoms with Gasteiger partial charge >= 0.3 is 17.9 Å². The average Bonchev–Trinajstić information content (AvgIpc) is 3.52. The smallest absolute Gasteiger partial charge is 0.361 e. The third kappa shape index (κ3) is 66.5. The molecule has 9 nitrogen and oxygen atoms in total. The molecule has 0 saturated carbocycles. The fraction of sp³-hybridized carbons (Fsp3) is 0.827. The number of carbonyl (C=O) groups is 3. The van der Waals surface area contributed by atoms with Crippen LogP contribution < -0.4 is 0 Å². The fourth-order valence-electron chi connectivity index (χ4n) is 10.6. The zero-order valence-corrected chi connectivity index (χ0v) is 56.1. The quantitative estimate of drug-likeness (QED) is 0.0211. The summed E-state index contributed by atoms with van der Waals surface area (Å²) >= 11 is 0. The SMILES string of the molecule is CC/C=C\C/C=C\C/C=C\C/C=C\C/C=C\CCCCCCCCCCCCCCCCCCCCCCCCCC(=O)OC(COC(=O)CCCCCCCCCCCCCCCCCCCCCC)COC(OCC[N+](C)(C)C)C(=O)O. The first-order valence-corrected chi connectivity index (χ1v) is 36.0. The Labute approximate surface area is 520 Å². The average molecular weight is 1180 g/mol. The van der Waals surface area contributed by atoms with E-state index in [2.05, 4.69) is 74.6 Å². The Morgan fingerprint density at radius 3 is 1.01 bits per heavy atom. The first kappa shape index (κ1) is 81.0. The van der Waals surface area contributed by atoms with Gasteiger partial charge in [0.1, 0.15) is 13.2 Å². The summed E-state index contributed by atoms with van der Waals surface area (Å²) in [7, 11) is 5.99. The Morgan fingerprint density at radius 1 is 0.369 bits per heavy atom. The first-order valence-electron chi connectivity index (χ1n) is 36.0. The minimum absolute atomic E-state index is 0.176. The number of nitrogens with zero attached hydrogens (tertiary/aromatic N) is 1. The van der Waals surface area contributed by atoms with Crippen LogP contribution in [0.5, 0.6) is 0 Å². The molecule has 0 aliphatic rings. The van der Waals surface area contributed by atoms with E-state index >= 15 is 0 Å². The number of hydrogen-bond donors (Lipinski definition) is 1. The predicted molar refractivity (Wildman–Crippen MR) is 360 cm³/mol. The molecule has 0 rings (SSSR count). The summed E-state index contributed by atoms with van der Waals surface area (Å²) in [5, 5.41) is 9.74. The van der Waals surface area contributed by atoms with Crippen molar-refractivity contribution in [3.63, 3.8) is 0 Å². The third-order valence-electron chi connectivity index (χ3n) is 16.0. The largest absolute Gasteiger partial charge is 0.477 e. The lowest BCUT2D eigenvalue weighted by atomic mass is 10.0. The van der Waals surface area contributed by atoms with Gasteiger partial charge in [-0.15, -0.1) is 0 Å². The molecular formula is C75H138NO8+. The Balaban J connectivity index is 3.98. The number of likely N-dealkylation sites (N-methyl/N-ethyl adjacent to an activating group) is 1. The molecule has 0 bridgehead atoms. The van der Waals surface area contributed by atoms with Crippen LogP contribution in [0.4, 0.5) is 0 Å². The van der Waals surface area contributed by atoms with Gasteiger partial charge in [0.25, 0.3) is 6.29 Å². The molecule has 0 aliphatic carbocycles. The van der Waals surface area contributed by atoms with Gasteiger partial charge < -0.3 is 28.5 Å². The first-order chi connectivity index (χ1) is 41.1. The van der Waals surface area contributed by atoms with Crippen LogP contribution in [0.15, 0.2) is 60.8 Å². The maximum Gasteiger partial charge on any atom is 0.361 e. The van der Waals surface area contributed by atoms with Crippen LogP contribution in [-0.2, 0) is 33.3 Å².